The molecule has 1 saturated carbocycles. The van der Waals surface area contributed by atoms with E-state index in [1.807, 2.05) is 28.8 Å². The highest BCUT2D eigenvalue weighted by atomic mass is 16.4. The maximum Gasteiger partial charge on any atom is 0.329 e. The van der Waals surface area contributed by atoms with Crippen LogP contribution in [0.25, 0.3) is 5.52 Å². The number of carboxylic acid groups (broad SMARTS) is 1. The first-order valence-electron chi connectivity index (χ1n) is 7.63. The molecular weight excluding hydrogens is 280 g/mol. The van der Waals surface area contributed by atoms with Gasteiger partial charge in [0.15, 0.2) is 0 Å². The number of pyridine rings is 1. The van der Waals surface area contributed by atoms with Crippen LogP contribution in [0.4, 0.5) is 0 Å². The number of hydrogen-bond donors (Lipinski definition) is 1. The van der Waals surface area contributed by atoms with Crippen molar-refractivity contribution < 1.29 is 14.7 Å². The van der Waals surface area contributed by atoms with E-state index in [2.05, 4.69) is 0 Å². The summed E-state index contributed by atoms with van der Waals surface area (Å²) in [4.78, 5) is 26.0. The molecule has 0 unspecified atom stereocenters. The SMILES string of the molecule is CN(C(=O)c1cc2ccccn2c1)C1(C(=O)O)CCCCC1. The summed E-state index contributed by atoms with van der Waals surface area (Å²) in [6.07, 6.45) is 7.42. The Kier molecular flexibility index (Phi) is 3.64. The van der Waals surface area contributed by atoms with E-state index < -0.39 is 11.5 Å². The van der Waals surface area contributed by atoms with Crippen LogP contribution in [-0.4, -0.2) is 38.9 Å². The molecule has 0 aromatic carbocycles. The number of carboxylic acids is 1. The van der Waals surface area contributed by atoms with E-state index in [0.717, 1.165) is 24.8 Å². The summed E-state index contributed by atoms with van der Waals surface area (Å²) in [5.74, 6) is -1.13. The maximum absolute atomic E-state index is 12.8. The van der Waals surface area contributed by atoms with Gasteiger partial charge in [-0.2, -0.15) is 0 Å². The Morgan fingerprint density at radius 3 is 2.59 bits per heavy atom. The van der Waals surface area contributed by atoms with Gasteiger partial charge in [-0.15, -0.1) is 0 Å². The summed E-state index contributed by atoms with van der Waals surface area (Å²) < 4.78 is 1.87. The highest BCUT2D eigenvalue weighted by molar-refractivity contribution is 5.98. The number of carbonyl (C=O) groups is 2. The second-order valence-corrected chi connectivity index (χ2v) is 6.02. The van der Waals surface area contributed by atoms with E-state index in [1.165, 1.54) is 4.90 Å². The van der Waals surface area contributed by atoms with Crippen LogP contribution in [0.15, 0.2) is 36.7 Å². The quantitative estimate of drug-likeness (QED) is 0.948. The highest BCUT2D eigenvalue weighted by Crippen LogP contribution is 2.34. The Balaban J connectivity index is 1.94. The zero-order valence-electron chi connectivity index (χ0n) is 12.7. The molecule has 1 N–H and O–H groups in total. The van der Waals surface area contributed by atoms with E-state index in [4.69, 9.17) is 0 Å². The summed E-state index contributed by atoms with van der Waals surface area (Å²) in [6, 6.07) is 7.53. The average Bonchev–Trinajstić information content (AvgIpc) is 2.98. The first-order valence-corrected chi connectivity index (χ1v) is 7.63. The predicted molar refractivity (Wildman–Crippen MR) is 82.9 cm³/mol. The number of rotatable bonds is 3. The van der Waals surface area contributed by atoms with Crippen LogP contribution < -0.4 is 0 Å². The minimum Gasteiger partial charge on any atom is -0.479 e. The van der Waals surface area contributed by atoms with Crippen molar-refractivity contribution in [3.05, 3.63) is 42.2 Å². The van der Waals surface area contributed by atoms with Crippen molar-refractivity contribution in [1.29, 1.82) is 0 Å². The molecule has 2 aromatic rings. The van der Waals surface area contributed by atoms with Crippen LogP contribution in [0.2, 0.25) is 0 Å². The second kappa shape index (κ2) is 5.48. The normalized spacial score (nSPS) is 17.3. The van der Waals surface area contributed by atoms with Crippen molar-refractivity contribution in [1.82, 2.24) is 9.30 Å². The molecule has 3 rings (SSSR count). The van der Waals surface area contributed by atoms with Gasteiger partial charge in [0.2, 0.25) is 0 Å². The van der Waals surface area contributed by atoms with Gasteiger partial charge in [-0.25, -0.2) is 4.79 Å². The van der Waals surface area contributed by atoms with Crippen molar-refractivity contribution in [2.75, 3.05) is 7.05 Å². The Morgan fingerprint density at radius 2 is 1.95 bits per heavy atom. The van der Waals surface area contributed by atoms with Gasteiger partial charge in [0.25, 0.3) is 5.91 Å². The van der Waals surface area contributed by atoms with Gasteiger partial charge in [0.1, 0.15) is 5.54 Å². The summed E-state index contributed by atoms with van der Waals surface area (Å²) in [5, 5.41) is 9.70. The molecular formula is C17H20N2O3. The molecule has 116 valence electrons. The number of aromatic nitrogens is 1. The van der Waals surface area contributed by atoms with Crippen molar-refractivity contribution in [3.63, 3.8) is 0 Å². The molecule has 1 amide bonds. The fourth-order valence-corrected chi connectivity index (χ4v) is 3.39. The molecule has 1 fully saturated rings. The van der Waals surface area contributed by atoms with Gasteiger partial charge >= 0.3 is 5.97 Å². The van der Waals surface area contributed by atoms with Crippen LogP contribution in [0.3, 0.4) is 0 Å². The van der Waals surface area contributed by atoms with Crippen LogP contribution in [-0.2, 0) is 4.79 Å². The third-order valence-corrected chi connectivity index (χ3v) is 4.78. The number of aliphatic carboxylic acids is 1. The lowest BCUT2D eigenvalue weighted by molar-refractivity contribution is -0.151. The number of hydrogen-bond acceptors (Lipinski definition) is 2. The zero-order chi connectivity index (χ0) is 15.7. The van der Waals surface area contributed by atoms with E-state index in [1.54, 1.807) is 19.3 Å². The molecule has 0 spiro atoms. The largest absolute Gasteiger partial charge is 0.479 e. The Morgan fingerprint density at radius 1 is 1.23 bits per heavy atom. The van der Waals surface area contributed by atoms with Gasteiger partial charge in [-0.3, -0.25) is 4.79 Å². The first kappa shape index (κ1) is 14.6. The van der Waals surface area contributed by atoms with E-state index in [-0.39, 0.29) is 5.91 Å². The Hall–Kier alpha value is -2.30. The van der Waals surface area contributed by atoms with Gasteiger partial charge in [0.05, 0.1) is 5.56 Å². The van der Waals surface area contributed by atoms with Gasteiger partial charge in [0, 0.05) is 25.0 Å². The zero-order valence-corrected chi connectivity index (χ0v) is 12.7. The van der Waals surface area contributed by atoms with Crippen molar-refractivity contribution in [2.24, 2.45) is 0 Å². The summed E-state index contributed by atoms with van der Waals surface area (Å²) in [7, 11) is 1.62. The molecule has 0 radical (unpaired) electrons. The molecule has 2 heterocycles. The lowest BCUT2D eigenvalue weighted by atomic mass is 9.80. The standard InChI is InChI=1S/C17H20N2O3/c1-18(17(16(21)22)8-4-2-5-9-17)15(20)13-11-14-7-3-6-10-19(14)12-13/h3,6-7,10-12H,2,4-5,8-9H2,1H3,(H,21,22). The lowest BCUT2D eigenvalue weighted by Gasteiger charge is -2.40. The fourth-order valence-electron chi connectivity index (χ4n) is 3.39. The molecule has 5 nitrogen and oxygen atoms in total. The maximum atomic E-state index is 12.8. The van der Waals surface area contributed by atoms with E-state index in [9.17, 15) is 14.7 Å². The Labute approximate surface area is 129 Å². The predicted octanol–water partition coefficient (Wildman–Crippen LogP) is 2.80. The first-order chi connectivity index (χ1) is 10.5. The molecule has 0 bridgehead atoms. The van der Waals surface area contributed by atoms with Crippen LogP contribution in [0.1, 0.15) is 42.5 Å². The molecule has 5 heteroatoms. The van der Waals surface area contributed by atoms with Gasteiger partial charge in [-0.1, -0.05) is 25.3 Å². The molecule has 0 aliphatic heterocycles. The average molecular weight is 300 g/mol. The summed E-state index contributed by atoms with van der Waals surface area (Å²) >= 11 is 0. The number of likely N-dealkylation sites (N-methyl/N-ethyl adjacent to an activating group) is 1. The van der Waals surface area contributed by atoms with Crippen molar-refractivity contribution >= 4 is 17.4 Å². The van der Waals surface area contributed by atoms with Crippen molar-refractivity contribution in [3.8, 4) is 0 Å². The van der Waals surface area contributed by atoms with Crippen molar-refractivity contribution in [2.45, 2.75) is 37.6 Å². The number of fused-ring (bicyclic) bond motifs is 1. The molecule has 22 heavy (non-hydrogen) atoms. The number of carbonyl (C=O) groups excluding carboxylic acids is 1. The fraction of sp³-hybridized carbons (Fsp3) is 0.412. The van der Waals surface area contributed by atoms with Crippen LogP contribution >= 0.6 is 0 Å². The number of amides is 1. The van der Waals surface area contributed by atoms with E-state index in [0.29, 0.717) is 18.4 Å². The molecule has 1 aliphatic rings. The summed E-state index contributed by atoms with van der Waals surface area (Å²) in [5.41, 5.74) is 0.385. The number of nitrogens with zero attached hydrogens (tertiary/aromatic N) is 2. The minimum atomic E-state index is -1.07. The molecule has 2 aromatic heterocycles. The van der Waals surface area contributed by atoms with Gasteiger partial charge in [-0.05, 0) is 31.0 Å². The molecule has 1 aliphatic carbocycles. The van der Waals surface area contributed by atoms with Gasteiger partial charge < -0.3 is 14.4 Å². The monoisotopic (exact) mass is 300 g/mol. The minimum absolute atomic E-state index is 0.229. The lowest BCUT2D eigenvalue weighted by Crippen LogP contribution is -2.56. The van der Waals surface area contributed by atoms with Crippen LogP contribution in [0, 0.1) is 0 Å². The Bertz CT molecular complexity index is 681. The molecule has 0 atom stereocenters. The third kappa shape index (κ3) is 2.26. The van der Waals surface area contributed by atoms with Crippen LogP contribution in [0.5, 0.6) is 0 Å². The highest BCUT2D eigenvalue weighted by Gasteiger charge is 2.45. The summed E-state index contributed by atoms with van der Waals surface area (Å²) in [6.45, 7) is 0. The third-order valence-electron chi connectivity index (χ3n) is 4.78. The second-order valence-electron chi connectivity index (χ2n) is 6.02. The van der Waals surface area contributed by atoms with E-state index >= 15 is 0 Å². The molecule has 0 saturated heterocycles. The topological polar surface area (TPSA) is 62.0 Å². The smallest absolute Gasteiger partial charge is 0.329 e.